The molecule has 0 spiro atoms. The second-order valence-electron chi connectivity index (χ2n) is 5.61. The molecule has 4 nitrogen and oxygen atoms in total. The molecule has 0 aliphatic heterocycles. The third kappa shape index (κ3) is 6.09. The Morgan fingerprint density at radius 1 is 1.33 bits per heavy atom. The third-order valence-corrected chi connectivity index (χ3v) is 5.66. The summed E-state index contributed by atoms with van der Waals surface area (Å²) in [7, 11) is 0. The highest BCUT2D eigenvalue weighted by Gasteiger charge is 2.26. The Hall–Kier alpha value is -1.08. The molecule has 1 rings (SSSR count). The van der Waals surface area contributed by atoms with Gasteiger partial charge in [-0.2, -0.15) is 0 Å². The number of benzene rings is 1. The van der Waals surface area contributed by atoms with Crippen LogP contribution in [0, 0.1) is 11.7 Å². The lowest BCUT2D eigenvalue weighted by molar-refractivity contribution is -0.143. The van der Waals surface area contributed by atoms with Gasteiger partial charge in [0.25, 0.3) is 0 Å². The highest BCUT2D eigenvalue weighted by molar-refractivity contribution is 9.10. The molecule has 0 saturated carbocycles. The molecule has 1 amide bonds. The number of carbonyl (C=O) groups is 2. The number of anilines is 1. The number of thioether (sulfide) groups is 1. The molecule has 1 aromatic carbocycles. The predicted molar refractivity (Wildman–Crippen MR) is 98.8 cm³/mol. The molecule has 134 valence electrons. The minimum absolute atomic E-state index is 0.0463. The van der Waals surface area contributed by atoms with E-state index >= 15 is 0 Å². The summed E-state index contributed by atoms with van der Waals surface area (Å²) in [5.74, 6) is -1.03. The average Bonchev–Trinajstić information content (AvgIpc) is 2.53. The summed E-state index contributed by atoms with van der Waals surface area (Å²) in [6, 6.07) is 2.84. The standard InChI is InChI=1S/C17H23BrFNO3S/c1-5-7-23-17(22)16(10(3)4)24-14-9-13(20-15(21)6-2)12(19)8-11(14)18/h8-10,16H,5-7H2,1-4H3,(H,20,21). The van der Waals surface area contributed by atoms with Gasteiger partial charge in [-0.25, -0.2) is 4.39 Å². The van der Waals surface area contributed by atoms with Crippen LogP contribution in [0.1, 0.15) is 40.5 Å². The average molecular weight is 420 g/mol. The molecule has 1 aromatic rings. The zero-order chi connectivity index (χ0) is 18.3. The van der Waals surface area contributed by atoms with Crippen molar-refractivity contribution in [2.45, 2.75) is 50.7 Å². The Morgan fingerprint density at radius 3 is 2.54 bits per heavy atom. The normalized spacial score (nSPS) is 12.1. The summed E-state index contributed by atoms with van der Waals surface area (Å²) in [6.45, 7) is 7.87. The van der Waals surface area contributed by atoms with Crippen LogP contribution in [0.25, 0.3) is 0 Å². The van der Waals surface area contributed by atoms with Gasteiger partial charge in [0.2, 0.25) is 5.91 Å². The molecule has 24 heavy (non-hydrogen) atoms. The first-order valence-electron chi connectivity index (χ1n) is 7.92. The number of hydrogen-bond acceptors (Lipinski definition) is 4. The molecule has 1 unspecified atom stereocenters. The monoisotopic (exact) mass is 419 g/mol. The Labute approximate surface area is 155 Å². The summed E-state index contributed by atoms with van der Waals surface area (Å²) in [6.07, 6.45) is 1.02. The van der Waals surface area contributed by atoms with Crippen LogP contribution >= 0.6 is 27.7 Å². The second-order valence-corrected chi connectivity index (χ2v) is 7.65. The largest absolute Gasteiger partial charge is 0.465 e. The minimum Gasteiger partial charge on any atom is -0.465 e. The van der Waals surface area contributed by atoms with Crippen LogP contribution in [0.15, 0.2) is 21.5 Å². The smallest absolute Gasteiger partial charge is 0.319 e. The lowest BCUT2D eigenvalue weighted by Gasteiger charge is -2.20. The molecule has 0 bridgehead atoms. The van der Waals surface area contributed by atoms with Gasteiger partial charge in [-0.3, -0.25) is 9.59 Å². The van der Waals surface area contributed by atoms with E-state index in [0.717, 1.165) is 6.42 Å². The van der Waals surface area contributed by atoms with E-state index in [9.17, 15) is 14.0 Å². The summed E-state index contributed by atoms with van der Waals surface area (Å²) < 4.78 is 19.8. The zero-order valence-electron chi connectivity index (χ0n) is 14.3. The Bertz CT molecular complexity index is 595. The summed E-state index contributed by atoms with van der Waals surface area (Å²) >= 11 is 4.62. The van der Waals surface area contributed by atoms with Gasteiger partial charge in [0.15, 0.2) is 0 Å². The molecule has 0 radical (unpaired) electrons. The van der Waals surface area contributed by atoms with Crippen LogP contribution in [-0.2, 0) is 14.3 Å². The van der Waals surface area contributed by atoms with E-state index in [2.05, 4.69) is 21.2 Å². The second kappa shape index (κ2) is 10.0. The van der Waals surface area contributed by atoms with Gasteiger partial charge in [-0.05, 0) is 40.4 Å². The molecule has 0 aromatic heterocycles. The SMILES string of the molecule is CCCOC(=O)C(Sc1cc(NC(=O)CC)c(F)cc1Br)C(C)C. The van der Waals surface area contributed by atoms with E-state index in [1.54, 1.807) is 13.0 Å². The van der Waals surface area contributed by atoms with Crippen LogP contribution in [0.5, 0.6) is 0 Å². The van der Waals surface area contributed by atoms with Crippen LogP contribution < -0.4 is 5.32 Å². The fourth-order valence-electron chi connectivity index (χ4n) is 1.83. The zero-order valence-corrected chi connectivity index (χ0v) is 16.7. The Morgan fingerprint density at radius 2 is 2.00 bits per heavy atom. The Kier molecular flexibility index (Phi) is 8.76. The minimum atomic E-state index is -0.525. The highest BCUT2D eigenvalue weighted by Crippen LogP contribution is 2.37. The molecule has 0 heterocycles. The number of esters is 1. The maximum Gasteiger partial charge on any atom is 0.319 e. The van der Waals surface area contributed by atoms with Gasteiger partial charge in [-0.15, -0.1) is 11.8 Å². The molecular formula is C17H23BrFNO3S. The van der Waals surface area contributed by atoms with Crippen LogP contribution in [0.2, 0.25) is 0 Å². The summed E-state index contributed by atoms with van der Waals surface area (Å²) in [4.78, 5) is 24.4. The lowest BCUT2D eigenvalue weighted by atomic mass is 10.1. The quantitative estimate of drug-likeness (QED) is 0.475. The van der Waals surface area contributed by atoms with E-state index < -0.39 is 11.1 Å². The number of carbonyl (C=O) groups excluding carboxylic acids is 2. The first-order chi connectivity index (χ1) is 11.3. The first-order valence-corrected chi connectivity index (χ1v) is 9.59. The van der Waals surface area contributed by atoms with Crippen molar-refractivity contribution < 1.29 is 18.7 Å². The molecule has 1 N–H and O–H groups in total. The van der Waals surface area contributed by atoms with Crippen molar-refractivity contribution in [1.29, 1.82) is 0 Å². The number of hydrogen-bond donors (Lipinski definition) is 1. The van der Waals surface area contributed by atoms with Crippen molar-refractivity contribution >= 4 is 45.3 Å². The van der Waals surface area contributed by atoms with Crippen molar-refractivity contribution in [1.82, 2.24) is 0 Å². The highest BCUT2D eigenvalue weighted by atomic mass is 79.9. The van der Waals surface area contributed by atoms with E-state index in [1.807, 2.05) is 20.8 Å². The van der Waals surface area contributed by atoms with Gasteiger partial charge in [0, 0.05) is 15.8 Å². The third-order valence-electron chi connectivity index (χ3n) is 3.16. The van der Waals surface area contributed by atoms with E-state index in [0.29, 0.717) is 16.0 Å². The molecule has 0 aliphatic rings. The Balaban J connectivity index is 3.03. The maximum atomic E-state index is 14.0. The topological polar surface area (TPSA) is 55.4 Å². The number of ether oxygens (including phenoxy) is 1. The number of rotatable bonds is 8. The van der Waals surface area contributed by atoms with E-state index in [-0.39, 0.29) is 29.9 Å². The summed E-state index contributed by atoms with van der Waals surface area (Å²) in [5.41, 5.74) is 0.108. The van der Waals surface area contributed by atoms with Crippen LogP contribution in [0.4, 0.5) is 10.1 Å². The van der Waals surface area contributed by atoms with Gasteiger partial charge in [-0.1, -0.05) is 27.7 Å². The molecule has 7 heteroatoms. The number of halogens is 2. The van der Waals surface area contributed by atoms with Gasteiger partial charge in [0.05, 0.1) is 12.3 Å². The van der Waals surface area contributed by atoms with Crippen molar-refractivity contribution in [3.05, 3.63) is 22.4 Å². The van der Waals surface area contributed by atoms with Crippen molar-refractivity contribution in [3.63, 3.8) is 0 Å². The predicted octanol–water partition coefficient (Wildman–Crippen LogP) is 5.01. The van der Waals surface area contributed by atoms with Crippen LogP contribution in [-0.4, -0.2) is 23.7 Å². The van der Waals surface area contributed by atoms with Gasteiger partial charge >= 0.3 is 5.97 Å². The lowest BCUT2D eigenvalue weighted by Crippen LogP contribution is -2.26. The first kappa shape index (κ1) is 21.0. The van der Waals surface area contributed by atoms with Crippen molar-refractivity contribution in [2.75, 3.05) is 11.9 Å². The van der Waals surface area contributed by atoms with Crippen LogP contribution in [0.3, 0.4) is 0 Å². The number of amides is 1. The van der Waals surface area contributed by atoms with E-state index in [1.165, 1.54) is 17.8 Å². The molecule has 0 fully saturated rings. The van der Waals surface area contributed by atoms with E-state index in [4.69, 9.17) is 4.74 Å². The maximum absolute atomic E-state index is 14.0. The molecule has 1 atom stereocenters. The number of nitrogens with one attached hydrogen (secondary N) is 1. The van der Waals surface area contributed by atoms with Gasteiger partial charge < -0.3 is 10.1 Å². The molecule has 0 saturated heterocycles. The summed E-state index contributed by atoms with van der Waals surface area (Å²) in [5, 5.41) is 2.12. The van der Waals surface area contributed by atoms with Crippen molar-refractivity contribution in [3.8, 4) is 0 Å². The van der Waals surface area contributed by atoms with Gasteiger partial charge in [0.1, 0.15) is 11.1 Å². The molecular weight excluding hydrogens is 397 g/mol. The fourth-order valence-corrected chi connectivity index (χ4v) is 3.49. The molecule has 0 aliphatic carbocycles. The van der Waals surface area contributed by atoms with Crippen molar-refractivity contribution in [2.24, 2.45) is 5.92 Å². The fraction of sp³-hybridized carbons (Fsp3) is 0.529.